The van der Waals surface area contributed by atoms with E-state index in [4.69, 9.17) is 4.74 Å². The predicted molar refractivity (Wildman–Crippen MR) is 66.4 cm³/mol. The van der Waals surface area contributed by atoms with E-state index in [0.29, 0.717) is 0 Å². The Balaban J connectivity index is 1.90. The fraction of sp³-hybridized carbons (Fsp3) is 0.462. The summed E-state index contributed by atoms with van der Waals surface area (Å²) in [6, 6.07) is 4.09. The summed E-state index contributed by atoms with van der Waals surface area (Å²) < 4.78 is 5.38. The highest BCUT2D eigenvalue weighted by Crippen LogP contribution is 1.95. The van der Waals surface area contributed by atoms with Crippen LogP contribution in [-0.4, -0.2) is 31.3 Å². The predicted octanol–water partition coefficient (Wildman–Crippen LogP) is 1.81. The highest BCUT2D eigenvalue weighted by molar-refractivity contribution is 5.09. The fourth-order valence-corrected chi connectivity index (χ4v) is 1.32. The van der Waals surface area contributed by atoms with Crippen LogP contribution in [0.1, 0.15) is 12.0 Å². The van der Waals surface area contributed by atoms with Crippen molar-refractivity contribution < 1.29 is 4.74 Å². The van der Waals surface area contributed by atoms with Gasteiger partial charge in [0, 0.05) is 18.9 Å². The summed E-state index contributed by atoms with van der Waals surface area (Å²) >= 11 is 0. The first kappa shape index (κ1) is 12.9. The molecule has 0 aliphatic heterocycles. The van der Waals surface area contributed by atoms with Gasteiger partial charge in [-0.3, -0.25) is 4.98 Å². The lowest BCUT2D eigenvalue weighted by molar-refractivity contribution is 0.140. The number of ether oxygens (including phenoxy) is 1. The van der Waals surface area contributed by atoms with Gasteiger partial charge in [0.2, 0.25) is 0 Å². The summed E-state index contributed by atoms with van der Waals surface area (Å²) in [5.41, 5.74) is 1.31. The molecule has 1 aromatic heterocycles. The van der Waals surface area contributed by atoms with Crippen molar-refractivity contribution in [3.8, 4) is 0 Å². The number of aromatic nitrogens is 1. The highest BCUT2D eigenvalue weighted by Gasteiger charge is 1.91. The molecular formula is C13H20N2O. The maximum absolute atomic E-state index is 5.38. The van der Waals surface area contributed by atoms with Crippen LogP contribution in [0.5, 0.6) is 0 Å². The molecule has 1 rings (SSSR count). The van der Waals surface area contributed by atoms with Crippen molar-refractivity contribution in [3.05, 3.63) is 42.7 Å². The zero-order chi connectivity index (χ0) is 11.5. The lowest BCUT2D eigenvalue weighted by Crippen LogP contribution is -2.22. The van der Waals surface area contributed by atoms with Crippen LogP contribution >= 0.6 is 0 Å². The van der Waals surface area contributed by atoms with Gasteiger partial charge in [-0.2, -0.15) is 0 Å². The number of hydrogen-bond donors (Lipinski definition) is 1. The van der Waals surface area contributed by atoms with Gasteiger partial charge in [-0.25, -0.2) is 0 Å². The smallest absolute Gasteiger partial charge is 0.0591 e. The van der Waals surface area contributed by atoms with Crippen molar-refractivity contribution in [2.24, 2.45) is 0 Å². The van der Waals surface area contributed by atoms with Gasteiger partial charge in [-0.05, 0) is 37.1 Å². The van der Waals surface area contributed by atoms with Crippen molar-refractivity contribution in [1.29, 1.82) is 0 Å². The molecule has 3 heteroatoms. The first-order chi connectivity index (χ1) is 7.93. The van der Waals surface area contributed by atoms with E-state index >= 15 is 0 Å². The van der Waals surface area contributed by atoms with Crippen LogP contribution in [0, 0.1) is 0 Å². The SMILES string of the molecule is C=CCCOCCNCCc1ccncc1. The van der Waals surface area contributed by atoms with Gasteiger partial charge in [0.25, 0.3) is 0 Å². The standard InChI is InChI=1S/C13H20N2O/c1-2-3-11-16-12-10-15-9-6-13-4-7-14-8-5-13/h2,4-5,7-8,15H,1,3,6,9-12H2. The van der Waals surface area contributed by atoms with Crippen LogP contribution in [0.4, 0.5) is 0 Å². The van der Waals surface area contributed by atoms with Crippen LogP contribution in [-0.2, 0) is 11.2 Å². The van der Waals surface area contributed by atoms with E-state index in [-0.39, 0.29) is 0 Å². The monoisotopic (exact) mass is 220 g/mol. The summed E-state index contributed by atoms with van der Waals surface area (Å²) in [6.07, 6.45) is 7.49. The average molecular weight is 220 g/mol. The molecule has 0 unspecified atom stereocenters. The van der Waals surface area contributed by atoms with E-state index in [0.717, 1.165) is 39.1 Å². The van der Waals surface area contributed by atoms with Gasteiger partial charge in [0.05, 0.1) is 13.2 Å². The molecule has 0 saturated heterocycles. The minimum absolute atomic E-state index is 0.768. The van der Waals surface area contributed by atoms with Gasteiger partial charge < -0.3 is 10.1 Å². The number of hydrogen-bond acceptors (Lipinski definition) is 3. The molecule has 0 radical (unpaired) electrons. The quantitative estimate of drug-likeness (QED) is 0.509. The molecule has 3 nitrogen and oxygen atoms in total. The van der Waals surface area contributed by atoms with Crippen LogP contribution < -0.4 is 5.32 Å². The second kappa shape index (κ2) is 9.07. The Morgan fingerprint density at radius 1 is 1.25 bits per heavy atom. The zero-order valence-corrected chi connectivity index (χ0v) is 9.69. The van der Waals surface area contributed by atoms with Crippen molar-refractivity contribution in [3.63, 3.8) is 0 Å². The van der Waals surface area contributed by atoms with E-state index in [1.54, 1.807) is 0 Å². The maximum Gasteiger partial charge on any atom is 0.0591 e. The Labute approximate surface area is 97.5 Å². The molecule has 1 aromatic rings. The van der Waals surface area contributed by atoms with Crippen LogP contribution in [0.25, 0.3) is 0 Å². The second-order valence-corrected chi connectivity index (χ2v) is 3.55. The minimum Gasteiger partial charge on any atom is -0.380 e. The first-order valence-corrected chi connectivity index (χ1v) is 5.71. The molecule has 0 spiro atoms. The number of nitrogens with zero attached hydrogens (tertiary/aromatic N) is 1. The van der Waals surface area contributed by atoms with Gasteiger partial charge in [-0.1, -0.05) is 6.08 Å². The second-order valence-electron chi connectivity index (χ2n) is 3.55. The molecule has 0 saturated carbocycles. The lowest BCUT2D eigenvalue weighted by Gasteiger charge is -2.05. The average Bonchev–Trinajstić information content (AvgIpc) is 2.34. The Morgan fingerprint density at radius 3 is 2.81 bits per heavy atom. The van der Waals surface area contributed by atoms with Gasteiger partial charge >= 0.3 is 0 Å². The molecule has 0 aliphatic carbocycles. The summed E-state index contributed by atoms with van der Waals surface area (Å²) in [7, 11) is 0. The largest absolute Gasteiger partial charge is 0.380 e. The molecule has 1 heterocycles. The van der Waals surface area contributed by atoms with Gasteiger partial charge in [0.1, 0.15) is 0 Å². The Morgan fingerprint density at radius 2 is 2.06 bits per heavy atom. The third-order valence-corrected chi connectivity index (χ3v) is 2.23. The van der Waals surface area contributed by atoms with E-state index in [1.807, 2.05) is 30.6 Å². The summed E-state index contributed by atoms with van der Waals surface area (Å²) in [5, 5.41) is 3.34. The Kier molecular flexibility index (Phi) is 7.30. The van der Waals surface area contributed by atoms with Crippen molar-refractivity contribution in [1.82, 2.24) is 10.3 Å². The van der Waals surface area contributed by atoms with Gasteiger partial charge in [0.15, 0.2) is 0 Å². The van der Waals surface area contributed by atoms with E-state index in [9.17, 15) is 0 Å². The molecule has 0 aliphatic rings. The third-order valence-electron chi connectivity index (χ3n) is 2.23. The molecule has 0 fully saturated rings. The summed E-state index contributed by atoms with van der Waals surface area (Å²) in [5.74, 6) is 0. The van der Waals surface area contributed by atoms with Crippen LogP contribution in [0.15, 0.2) is 37.2 Å². The molecule has 0 atom stereocenters. The molecule has 16 heavy (non-hydrogen) atoms. The Bertz CT molecular complexity index is 275. The van der Waals surface area contributed by atoms with E-state index < -0.39 is 0 Å². The zero-order valence-electron chi connectivity index (χ0n) is 9.69. The lowest BCUT2D eigenvalue weighted by atomic mass is 10.2. The van der Waals surface area contributed by atoms with Gasteiger partial charge in [-0.15, -0.1) is 6.58 Å². The molecule has 0 aromatic carbocycles. The summed E-state index contributed by atoms with van der Waals surface area (Å²) in [6.45, 7) is 7.07. The first-order valence-electron chi connectivity index (χ1n) is 5.71. The molecular weight excluding hydrogens is 200 g/mol. The van der Waals surface area contributed by atoms with Crippen molar-refractivity contribution >= 4 is 0 Å². The van der Waals surface area contributed by atoms with Crippen LogP contribution in [0.3, 0.4) is 0 Å². The van der Waals surface area contributed by atoms with Crippen LogP contribution in [0.2, 0.25) is 0 Å². The number of pyridine rings is 1. The van der Waals surface area contributed by atoms with Crippen molar-refractivity contribution in [2.75, 3.05) is 26.3 Å². The van der Waals surface area contributed by atoms with E-state index in [2.05, 4.69) is 16.9 Å². The number of nitrogens with one attached hydrogen (secondary N) is 1. The number of rotatable bonds is 9. The Hall–Kier alpha value is -1.19. The molecule has 0 amide bonds. The molecule has 1 N–H and O–H groups in total. The fourth-order valence-electron chi connectivity index (χ4n) is 1.32. The summed E-state index contributed by atoms with van der Waals surface area (Å²) in [4.78, 5) is 3.98. The van der Waals surface area contributed by atoms with E-state index in [1.165, 1.54) is 5.56 Å². The molecule has 0 bridgehead atoms. The van der Waals surface area contributed by atoms with Crippen molar-refractivity contribution in [2.45, 2.75) is 12.8 Å². The molecule has 88 valence electrons. The normalized spacial score (nSPS) is 10.2. The maximum atomic E-state index is 5.38. The topological polar surface area (TPSA) is 34.1 Å². The highest BCUT2D eigenvalue weighted by atomic mass is 16.5. The minimum atomic E-state index is 0.768. The third kappa shape index (κ3) is 6.32.